The lowest BCUT2D eigenvalue weighted by molar-refractivity contribution is 0.299. The molecule has 0 radical (unpaired) electrons. The summed E-state index contributed by atoms with van der Waals surface area (Å²) in [6.45, 7) is 2.15. The van der Waals surface area contributed by atoms with Crippen molar-refractivity contribution in [3.8, 4) is 5.75 Å². The highest BCUT2D eigenvalue weighted by molar-refractivity contribution is 7.13. The fraction of sp³-hybridized carbons (Fsp3) is 0.182. The van der Waals surface area contributed by atoms with E-state index in [1.54, 1.807) is 13.0 Å². The third kappa shape index (κ3) is 2.49. The van der Waals surface area contributed by atoms with Crippen molar-refractivity contribution < 1.29 is 9.13 Å². The van der Waals surface area contributed by atoms with E-state index in [-0.39, 0.29) is 5.82 Å². The maximum atomic E-state index is 12.8. The lowest BCUT2D eigenvalue weighted by Crippen LogP contribution is -1.98. The molecule has 0 aliphatic rings. The van der Waals surface area contributed by atoms with Gasteiger partial charge in [-0.3, -0.25) is 0 Å². The first-order valence-corrected chi connectivity index (χ1v) is 5.62. The molecule has 0 amide bonds. The smallest absolute Gasteiger partial charge is 0.180 e. The van der Waals surface area contributed by atoms with E-state index in [9.17, 15) is 4.39 Å². The quantitative estimate of drug-likeness (QED) is 0.894. The maximum absolute atomic E-state index is 12.8. The molecular formula is C11H11FN2OS. The van der Waals surface area contributed by atoms with E-state index in [0.29, 0.717) is 17.5 Å². The van der Waals surface area contributed by atoms with Gasteiger partial charge in [-0.2, -0.15) is 0 Å². The molecule has 5 heteroatoms. The summed E-state index contributed by atoms with van der Waals surface area (Å²) in [7, 11) is 0. The normalized spacial score (nSPS) is 10.4. The van der Waals surface area contributed by atoms with Gasteiger partial charge in [-0.15, -0.1) is 11.3 Å². The monoisotopic (exact) mass is 238 g/mol. The number of ether oxygens (including phenoxy) is 1. The Morgan fingerprint density at radius 2 is 2.31 bits per heavy atom. The molecule has 3 nitrogen and oxygen atoms in total. The van der Waals surface area contributed by atoms with Crippen LogP contribution in [-0.2, 0) is 6.61 Å². The number of anilines is 1. The molecule has 84 valence electrons. The van der Waals surface area contributed by atoms with Crippen LogP contribution in [0.4, 0.5) is 9.52 Å². The van der Waals surface area contributed by atoms with Gasteiger partial charge in [0.25, 0.3) is 0 Å². The fourth-order valence-corrected chi connectivity index (χ4v) is 1.86. The number of nitrogens with two attached hydrogens (primary N) is 1. The van der Waals surface area contributed by atoms with Crippen LogP contribution in [0, 0.1) is 12.7 Å². The Balaban J connectivity index is 2.04. The Labute approximate surface area is 96.7 Å². The first-order chi connectivity index (χ1) is 7.65. The number of benzene rings is 1. The Bertz CT molecular complexity index is 498. The lowest BCUT2D eigenvalue weighted by atomic mass is 10.2. The van der Waals surface area contributed by atoms with Crippen LogP contribution in [0.2, 0.25) is 0 Å². The predicted molar refractivity (Wildman–Crippen MR) is 62.0 cm³/mol. The van der Waals surface area contributed by atoms with Crippen molar-refractivity contribution in [3.05, 3.63) is 40.7 Å². The average molecular weight is 238 g/mol. The summed E-state index contributed by atoms with van der Waals surface area (Å²) >= 11 is 1.37. The summed E-state index contributed by atoms with van der Waals surface area (Å²) in [6, 6.07) is 4.42. The molecule has 2 aromatic rings. The Kier molecular flexibility index (Phi) is 3.05. The molecule has 0 fully saturated rings. The zero-order valence-corrected chi connectivity index (χ0v) is 9.55. The van der Waals surface area contributed by atoms with Gasteiger partial charge in [0.15, 0.2) is 5.13 Å². The summed E-state index contributed by atoms with van der Waals surface area (Å²) in [4.78, 5) is 4.07. The first kappa shape index (κ1) is 10.9. The van der Waals surface area contributed by atoms with Gasteiger partial charge < -0.3 is 10.5 Å². The lowest BCUT2D eigenvalue weighted by Gasteiger charge is -2.07. The second-order valence-corrected chi connectivity index (χ2v) is 4.27. The largest absolute Gasteiger partial charge is 0.487 e. The van der Waals surface area contributed by atoms with Crippen LogP contribution in [0.5, 0.6) is 5.75 Å². The molecule has 0 bridgehead atoms. The van der Waals surface area contributed by atoms with Crippen molar-refractivity contribution in [2.24, 2.45) is 0 Å². The molecule has 1 heterocycles. The van der Waals surface area contributed by atoms with Gasteiger partial charge in [-0.1, -0.05) is 0 Å². The molecule has 1 aromatic heterocycles. The van der Waals surface area contributed by atoms with Crippen molar-refractivity contribution in [3.63, 3.8) is 0 Å². The van der Waals surface area contributed by atoms with Gasteiger partial charge >= 0.3 is 0 Å². The highest BCUT2D eigenvalue weighted by atomic mass is 32.1. The van der Waals surface area contributed by atoms with Crippen LogP contribution in [0.3, 0.4) is 0 Å². The summed E-state index contributed by atoms with van der Waals surface area (Å²) in [6.07, 6.45) is 0. The summed E-state index contributed by atoms with van der Waals surface area (Å²) in [5.74, 6) is 0.399. The molecule has 0 spiro atoms. The van der Waals surface area contributed by atoms with Crippen LogP contribution in [0.25, 0.3) is 0 Å². The number of hydrogen-bond donors (Lipinski definition) is 1. The fourth-order valence-electron chi connectivity index (χ4n) is 1.32. The van der Waals surface area contributed by atoms with Crippen LogP contribution in [0.1, 0.15) is 11.3 Å². The summed E-state index contributed by atoms with van der Waals surface area (Å²) in [5, 5.41) is 2.36. The number of aromatic nitrogens is 1. The van der Waals surface area contributed by atoms with Crippen LogP contribution in [-0.4, -0.2) is 4.98 Å². The van der Waals surface area contributed by atoms with Crippen molar-refractivity contribution in [1.29, 1.82) is 0 Å². The molecule has 0 aliphatic carbocycles. The summed E-state index contributed by atoms with van der Waals surface area (Å²) < 4.78 is 18.3. The molecule has 0 unspecified atom stereocenters. The van der Waals surface area contributed by atoms with Crippen LogP contribution >= 0.6 is 11.3 Å². The minimum absolute atomic E-state index is 0.261. The number of nitrogen functional groups attached to an aromatic ring is 1. The number of hydrogen-bond acceptors (Lipinski definition) is 4. The molecule has 0 saturated carbocycles. The van der Waals surface area contributed by atoms with Crippen LogP contribution < -0.4 is 10.5 Å². The van der Waals surface area contributed by atoms with E-state index in [1.165, 1.54) is 23.5 Å². The third-order valence-corrected chi connectivity index (χ3v) is 2.80. The highest BCUT2D eigenvalue weighted by Crippen LogP contribution is 2.20. The van der Waals surface area contributed by atoms with Crippen LogP contribution in [0.15, 0.2) is 23.6 Å². The molecule has 0 atom stereocenters. The van der Waals surface area contributed by atoms with E-state index in [4.69, 9.17) is 10.5 Å². The number of nitrogens with zero attached hydrogens (tertiary/aromatic N) is 1. The molecule has 2 N–H and O–H groups in total. The standard InChI is InChI=1S/C11H11FN2OS/c1-7-4-8(12)2-3-10(7)15-5-9-6-16-11(13)14-9/h2-4,6H,5H2,1H3,(H2,13,14). The van der Waals surface area contributed by atoms with Crippen molar-refractivity contribution >= 4 is 16.5 Å². The van der Waals surface area contributed by atoms with E-state index >= 15 is 0 Å². The van der Waals surface area contributed by atoms with Gasteiger partial charge in [-0.05, 0) is 30.7 Å². The second kappa shape index (κ2) is 4.49. The molecule has 0 saturated heterocycles. The predicted octanol–water partition coefficient (Wildman–Crippen LogP) is 2.75. The third-order valence-electron chi connectivity index (χ3n) is 2.08. The second-order valence-electron chi connectivity index (χ2n) is 3.38. The maximum Gasteiger partial charge on any atom is 0.180 e. The number of halogens is 1. The van der Waals surface area contributed by atoms with Gasteiger partial charge in [0.1, 0.15) is 18.2 Å². The molecule has 0 aliphatic heterocycles. The number of rotatable bonds is 3. The van der Waals surface area contributed by atoms with Crippen molar-refractivity contribution in [2.75, 3.05) is 5.73 Å². The zero-order valence-electron chi connectivity index (χ0n) is 8.74. The SMILES string of the molecule is Cc1cc(F)ccc1OCc1csc(N)n1. The minimum atomic E-state index is -0.261. The van der Waals surface area contributed by atoms with E-state index in [0.717, 1.165) is 11.3 Å². The van der Waals surface area contributed by atoms with E-state index in [2.05, 4.69) is 4.98 Å². The Morgan fingerprint density at radius 3 is 2.94 bits per heavy atom. The minimum Gasteiger partial charge on any atom is -0.487 e. The van der Waals surface area contributed by atoms with E-state index < -0.39 is 0 Å². The highest BCUT2D eigenvalue weighted by Gasteiger charge is 2.03. The molecule has 16 heavy (non-hydrogen) atoms. The van der Waals surface area contributed by atoms with E-state index in [1.807, 2.05) is 5.38 Å². The Morgan fingerprint density at radius 1 is 1.50 bits per heavy atom. The number of aryl methyl sites for hydroxylation is 1. The van der Waals surface area contributed by atoms with Gasteiger partial charge in [0, 0.05) is 5.38 Å². The molecule has 1 aromatic carbocycles. The molecular weight excluding hydrogens is 227 g/mol. The van der Waals surface area contributed by atoms with Crippen molar-refractivity contribution in [2.45, 2.75) is 13.5 Å². The average Bonchev–Trinajstić information content (AvgIpc) is 2.63. The number of thiazole rings is 1. The molecule has 2 rings (SSSR count). The first-order valence-electron chi connectivity index (χ1n) is 4.74. The van der Waals surface area contributed by atoms with Gasteiger partial charge in [0.2, 0.25) is 0 Å². The Hall–Kier alpha value is -1.62. The van der Waals surface area contributed by atoms with Gasteiger partial charge in [0.05, 0.1) is 5.69 Å². The van der Waals surface area contributed by atoms with Gasteiger partial charge in [-0.25, -0.2) is 9.37 Å². The summed E-state index contributed by atoms with van der Waals surface area (Å²) in [5.41, 5.74) is 7.05. The topological polar surface area (TPSA) is 48.1 Å². The van der Waals surface area contributed by atoms with Crippen molar-refractivity contribution in [1.82, 2.24) is 4.98 Å². The zero-order chi connectivity index (χ0) is 11.5.